The molecule has 0 spiro atoms. The van der Waals surface area contributed by atoms with E-state index in [1.807, 2.05) is 30.3 Å². The van der Waals surface area contributed by atoms with Crippen LogP contribution in [0.4, 0.5) is 11.4 Å². The summed E-state index contributed by atoms with van der Waals surface area (Å²) in [5, 5.41) is 9.43. The van der Waals surface area contributed by atoms with Crippen LogP contribution >= 0.6 is 12.2 Å². The Morgan fingerprint density at radius 3 is 2.24 bits per heavy atom. The van der Waals surface area contributed by atoms with Gasteiger partial charge in [-0.3, -0.25) is 0 Å². The van der Waals surface area contributed by atoms with Crippen LogP contribution in [0.2, 0.25) is 0 Å². The van der Waals surface area contributed by atoms with E-state index in [-0.39, 0.29) is 0 Å². The number of fused-ring (bicyclic) bond motifs is 1. The minimum absolute atomic E-state index is 0.593. The fourth-order valence-corrected chi connectivity index (χ4v) is 2.52. The van der Waals surface area contributed by atoms with Crippen molar-refractivity contribution in [2.75, 3.05) is 10.6 Å². The SMILES string of the molecule is Cc1cccc(NC(=S)Nc2ccc3ccccc3c2)c1. The summed E-state index contributed by atoms with van der Waals surface area (Å²) in [4.78, 5) is 0. The van der Waals surface area contributed by atoms with Crippen molar-refractivity contribution in [2.45, 2.75) is 6.92 Å². The summed E-state index contributed by atoms with van der Waals surface area (Å²) in [5.74, 6) is 0. The van der Waals surface area contributed by atoms with E-state index in [0.29, 0.717) is 5.11 Å². The quantitative estimate of drug-likeness (QED) is 0.653. The highest BCUT2D eigenvalue weighted by atomic mass is 32.1. The van der Waals surface area contributed by atoms with Crippen LogP contribution in [0.3, 0.4) is 0 Å². The largest absolute Gasteiger partial charge is 0.332 e. The Morgan fingerprint density at radius 2 is 1.48 bits per heavy atom. The van der Waals surface area contributed by atoms with Crippen molar-refractivity contribution < 1.29 is 0 Å². The average molecular weight is 292 g/mol. The first-order chi connectivity index (χ1) is 10.2. The molecule has 0 aromatic heterocycles. The zero-order valence-electron chi connectivity index (χ0n) is 11.8. The molecule has 0 atom stereocenters. The number of hydrogen-bond donors (Lipinski definition) is 2. The summed E-state index contributed by atoms with van der Waals surface area (Å²) in [6.45, 7) is 2.06. The number of rotatable bonds is 2. The van der Waals surface area contributed by atoms with Crippen LogP contribution in [-0.4, -0.2) is 5.11 Å². The summed E-state index contributed by atoms with van der Waals surface area (Å²) in [6, 6.07) is 22.6. The van der Waals surface area contributed by atoms with E-state index in [9.17, 15) is 0 Å². The van der Waals surface area contributed by atoms with E-state index in [2.05, 4.69) is 54.0 Å². The van der Waals surface area contributed by atoms with Gasteiger partial charge in [-0.15, -0.1) is 0 Å². The highest BCUT2D eigenvalue weighted by Gasteiger charge is 2.00. The van der Waals surface area contributed by atoms with Gasteiger partial charge >= 0.3 is 0 Å². The lowest BCUT2D eigenvalue weighted by molar-refractivity contribution is 1.46. The van der Waals surface area contributed by atoms with Crippen molar-refractivity contribution in [1.82, 2.24) is 0 Å². The second kappa shape index (κ2) is 5.94. The average Bonchev–Trinajstić information content (AvgIpc) is 2.47. The van der Waals surface area contributed by atoms with Gasteiger partial charge in [-0.25, -0.2) is 0 Å². The molecule has 0 bridgehead atoms. The molecule has 0 saturated heterocycles. The van der Waals surface area contributed by atoms with Crippen molar-refractivity contribution in [3.05, 3.63) is 72.3 Å². The Balaban J connectivity index is 1.74. The number of benzene rings is 3. The monoisotopic (exact) mass is 292 g/mol. The van der Waals surface area contributed by atoms with Crippen molar-refractivity contribution in [3.8, 4) is 0 Å². The molecular weight excluding hydrogens is 276 g/mol. The Kier molecular flexibility index (Phi) is 3.84. The summed E-state index contributed by atoms with van der Waals surface area (Å²) in [7, 11) is 0. The maximum Gasteiger partial charge on any atom is 0.175 e. The Labute approximate surface area is 129 Å². The van der Waals surface area contributed by atoms with E-state index in [1.165, 1.54) is 16.3 Å². The molecule has 0 radical (unpaired) electrons. The van der Waals surface area contributed by atoms with E-state index in [0.717, 1.165) is 11.4 Å². The first kappa shape index (κ1) is 13.6. The van der Waals surface area contributed by atoms with Crippen LogP contribution < -0.4 is 10.6 Å². The van der Waals surface area contributed by atoms with Crippen molar-refractivity contribution in [1.29, 1.82) is 0 Å². The molecule has 0 heterocycles. The second-order valence-corrected chi connectivity index (χ2v) is 5.42. The molecule has 104 valence electrons. The standard InChI is InChI=1S/C18H16N2S/c1-13-5-4-8-16(11-13)19-18(21)20-17-10-9-14-6-2-3-7-15(14)12-17/h2-12H,1H3,(H2,19,20,21). The Bertz CT molecular complexity index is 796. The number of anilines is 2. The highest BCUT2D eigenvalue weighted by Crippen LogP contribution is 2.19. The van der Waals surface area contributed by atoms with E-state index in [1.54, 1.807) is 0 Å². The van der Waals surface area contributed by atoms with Crippen LogP contribution in [0.25, 0.3) is 10.8 Å². The number of hydrogen-bond acceptors (Lipinski definition) is 1. The van der Waals surface area contributed by atoms with Gasteiger partial charge in [0.25, 0.3) is 0 Å². The first-order valence-electron chi connectivity index (χ1n) is 6.84. The lowest BCUT2D eigenvalue weighted by Crippen LogP contribution is -2.18. The molecule has 21 heavy (non-hydrogen) atoms. The van der Waals surface area contributed by atoms with Crippen molar-refractivity contribution >= 4 is 39.5 Å². The molecule has 3 aromatic carbocycles. The minimum Gasteiger partial charge on any atom is -0.332 e. The summed E-state index contributed by atoms with van der Waals surface area (Å²) in [5.41, 5.74) is 3.18. The van der Waals surface area contributed by atoms with Crippen LogP contribution in [0.1, 0.15) is 5.56 Å². The predicted molar refractivity (Wildman–Crippen MR) is 95.0 cm³/mol. The minimum atomic E-state index is 0.593. The molecule has 3 aromatic rings. The molecule has 3 rings (SSSR count). The van der Waals surface area contributed by atoms with Crippen LogP contribution in [0, 0.1) is 6.92 Å². The molecule has 2 nitrogen and oxygen atoms in total. The Morgan fingerprint density at radius 1 is 0.762 bits per heavy atom. The van der Waals surface area contributed by atoms with Crippen LogP contribution in [0.5, 0.6) is 0 Å². The number of aryl methyl sites for hydroxylation is 1. The van der Waals surface area contributed by atoms with Gasteiger partial charge in [0.05, 0.1) is 0 Å². The third kappa shape index (κ3) is 3.38. The van der Waals surface area contributed by atoms with Gasteiger partial charge in [-0.2, -0.15) is 0 Å². The van der Waals surface area contributed by atoms with E-state index in [4.69, 9.17) is 12.2 Å². The summed E-state index contributed by atoms with van der Waals surface area (Å²) >= 11 is 5.36. The number of nitrogens with one attached hydrogen (secondary N) is 2. The lowest BCUT2D eigenvalue weighted by Gasteiger charge is -2.11. The summed E-state index contributed by atoms with van der Waals surface area (Å²) in [6.07, 6.45) is 0. The fraction of sp³-hybridized carbons (Fsp3) is 0.0556. The van der Waals surface area contributed by atoms with Gasteiger partial charge in [-0.1, -0.05) is 42.5 Å². The molecule has 3 heteroatoms. The third-order valence-electron chi connectivity index (χ3n) is 3.28. The first-order valence-corrected chi connectivity index (χ1v) is 7.25. The molecule has 0 fully saturated rings. The van der Waals surface area contributed by atoms with Gasteiger partial charge < -0.3 is 10.6 Å². The zero-order chi connectivity index (χ0) is 14.7. The van der Waals surface area contributed by atoms with E-state index >= 15 is 0 Å². The molecule has 0 saturated carbocycles. The molecule has 0 aliphatic carbocycles. The third-order valence-corrected chi connectivity index (χ3v) is 3.49. The van der Waals surface area contributed by atoms with Crippen molar-refractivity contribution in [2.24, 2.45) is 0 Å². The maximum absolute atomic E-state index is 5.36. The molecular formula is C18H16N2S. The fourth-order valence-electron chi connectivity index (χ4n) is 2.28. The predicted octanol–water partition coefficient (Wildman–Crippen LogP) is 4.96. The molecule has 2 N–H and O–H groups in total. The topological polar surface area (TPSA) is 24.1 Å². The molecule has 0 amide bonds. The molecule has 0 aliphatic heterocycles. The zero-order valence-corrected chi connectivity index (χ0v) is 12.6. The number of thiocarbonyl (C=S) groups is 1. The van der Waals surface area contributed by atoms with Gasteiger partial charge in [-0.05, 0) is 59.7 Å². The maximum atomic E-state index is 5.36. The Hall–Kier alpha value is -2.39. The van der Waals surface area contributed by atoms with Crippen LogP contribution in [0.15, 0.2) is 66.7 Å². The normalized spacial score (nSPS) is 10.3. The highest BCUT2D eigenvalue weighted by molar-refractivity contribution is 7.80. The molecule has 0 aliphatic rings. The molecule has 0 unspecified atom stereocenters. The lowest BCUT2D eigenvalue weighted by atomic mass is 10.1. The van der Waals surface area contributed by atoms with Gasteiger partial charge in [0, 0.05) is 11.4 Å². The smallest absolute Gasteiger partial charge is 0.175 e. The van der Waals surface area contributed by atoms with Gasteiger partial charge in [0.2, 0.25) is 0 Å². The summed E-state index contributed by atoms with van der Waals surface area (Å²) < 4.78 is 0. The second-order valence-electron chi connectivity index (χ2n) is 5.01. The van der Waals surface area contributed by atoms with Gasteiger partial charge in [0.15, 0.2) is 5.11 Å². The van der Waals surface area contributed by atoms with E-state index < -0.39 is 0 Å². The van der Waals surface area contributed by atoms with Gasteiger partial charge in [0.1, 0.15) is 0 Å². The van der Waals surface area contributed by atoms with Crippen molar-refractivity contribution in [3.63, 3.8) is 0 Å². The van der Waals surface area contributed by atoms with Crippen LogP contribution in [-0.2, 0) is 0 Å².